The van der Waals surface area contributed by atoms with E-state index >= 15 is 0 Å². The van der Waals surface area contributed by atoms with Gasteiger partial charge >= 0.3 is 5.97 Å². The summed E-state index contributed by atoms with van der Waals surface area (Å²) in [6.45, 7) is 3.68. The standard InChI is InChI=1S/C13H17F2NO4S/c1-7(2)5-9(12(18)19)16-11(17)10-4-3-8(20-10)6-21-13(14)15/h3-4,7,9,13H,5-6H2,1-2H3,(H,16,17)(H,18,19)/t9-/m0/s1. The lowest BCUT2D eigenvalue weighted by molar-refractivity contribution is -0.139. The number of aliphatic carboxylic acids is 1. The molecule has 0 fully saturated rings. The van der Waals surface area contributed by atoms with Crippen molar-refractivity contribution in [2.24, 2.45) is 5.92 Å². The Morgan fingerprint density at radius 3 is 2.57 bits per heavy atom. The quantitative estimate of drug-likeness (QED) is 0.769. The summed E-state index contributed by atoms with van der Waals surface area (Å²) in [5.41, 5.74) is 0. The van der Waals surface area contributed by atoms with E-state index in [9.17, 15) is 18.4 Å². The molecule has 0 aliphatic rings. The van der Waals surface area contributed by atoms with Crippen molar-refractivity contribution in [3.05, 3.63) is 23.7 Å². The lowest BCUT2D eigenvalue weighted by Crippen LogP contribution is -2.41. The highest BCUT2D eigenvalue weighted by atomic mass is 32.2. The molecule has 0 radical (unpaired) electrons. The molecule has 1 atom stereocenters. The Bertz CT molecular complexity index is 490. The zero-order chi connectivity index (χ0) is 16.0. The molecule has 0 aromatic carbocycles. The van der Waals surface area contributed by atoms with E-state index < -0.39 is 23.7 Å². The molecule has 5 nitrogen and oxygen atoms in total. The number of carboxylic acids is 1. The zero-order valence-corrected chi connectivity index (χ0v) is 12.5. The first-order valence-corrected chi connectivity index (χ1v) is 7.36. The lowest BCUT2D eigenvalue weighted by Gasteiger charge is -2.15. The van der Waals surface area contributed by atoms with Gasteiger partial charge in [-0.15, -0.1) is 0 Å². The van der Waals surface area contributed by atoms with Gasteiger partial charge in [-0.25, -0.2) is 4.79 Å². The molecule has 1 aromatic rings. The molecule has 0 aliphatic heterocycles. The molecule has 1 aromatic heterocycles. The first kappa shape index (κ1) is 17.5. The minimum atomic E-state index is -2.52. The highest BCUT2D eigenvalue weighted by Crippen LogP contribution is 2.21. The van der Waals surface area contributed by atoms with Crippen LogP contribution < -0.4 is 5.32 Å². The third-order valence-corrected chi connectivity index (χ3v) is 3.25. The van der Waals surface area contributed by atoms with Gasteiger partial charge in [0, 0.05) is 0 Å². The minimum absolute atomic E-state index is 0.0563. The summed E-state index contributed by atoms with van der Waals surface area (Å²) in [4.78, 5) is 22.9. The first-order valence-electron chi connectivity index (χ1n) is 6.31. The second-order valence-electron chi connectivity index (χ2n) is 4.83. The smallest absolute Gasteiger partial charge is 0.326 e. The van der Waals surface area contributed by atoms with E-state index in [4.69, 9.17) is 9.52 Å². The van der Waals surface area contributed by atoms with Crippen LogP contribution >= 0.6 is 11.8 Å². The summed E-state index contributed by atoms with van der Waals surface area (Å²) in [6.07, 6.45) is 0.288. The predicted octanol–water partition coefficient (Wildman–Crippen LogP) is 2.96. The van der Waals surface area contributed by atoms with E-state index in [0.29, 0.717) is 11.8 Å². The molecule has 2 N–H and O–H groups in total. The number of halogens is 2. The Hall–Kier alpha value is -1.57. The molecular weight excluding hydrogens is 304 g/mol. The van der Waals surface area contributed by atoms with Gasteiger partial charge < -0.3 is 14.8 Å². The van der Waals surface area contributed by atoms with Crippen molar-refractivity contribution in [3.63, 3.8) is 0 Å². The highest BCUT2D eigenvalue weighted by Gasteiger charge is 2.23. The molecule has 21 heavy (non-hydrogen) atoms. The van der Waals surface area contributed by atoms with Crippen molar-refractivity contribution in [2.75, 3.05) is 0 Å². The minimum Gasteiger partial charge on any atom is -0.480 e. The average Bonchev–Trinajstić information content (AvgIpc) is 2.83. The maximum atomic E-state index is 12.0. The molecule has 1 amide bonds. The fourth-order valence-corrected chi connectivity index (χ4v) is 2.09. The van der Waals surface area contributed by atoms with E-state index in [1.807, 2.05) is 13.8 Å². The number of rotatable bonds is 8. The molecular formula is C13H17F2NO4S. The van der Waals surface area contributed by atoms with Gasteiger partial charge in [0.05, 0.1) is 5.75 Å². The van der Waals surface area contributed by atoms with Crippen LogP contribution in [0.4, 0.5) is 8.78 Å². The Kier molecular flexibility index (Phi) is 6.67. The summed E-state index contributed by atoms with van der Waals surface area (Å²) in [5.74, 6) is -4.13. The van der Waals surface area contributed by atoms with Crippen LogP contribution in [0.5, 0.6) is 0 Å². The summed E-state index contributed by atoms with van der Waals surface area (Å²) >= 11 is 0.384. The zero-order valence-electron chi connectivity index (χ0n) is 11.6. The number of amides is 1. The third kappa shape index (κ3) is 6.16. The van der Waals surface area contributed by atoms with Gasteiger partial charge in [0.1, 0.15) is 11.8 Å². The van der Waals surface area contributed by atoms with E-state index in [0.717, 1.165) is 0 Å². The Labute approximate surface area is 125 Å². The fourth-order valence-electron chi connectivity index (χ4n) is 1.64. The SMILES string of the molecule is CC(C)C[C@H](NC(=O)c1ccc(CSC(F)F)o1)C(=O)O. The largest absolute Gasteiger partial charge is 0.480 e. The van der Waals surface area contributed by atoms with Crippen LogP contribution in [0.3, 0.4) is 0 Å². The van der Waals surface area contributed by atoms with E-state index in [-0.39, 0.29) is 29.6 Å². The van der Waals surface area contributed by atoms with Gasteiger partial charge in [-0.05, 0) is 24.5 Å². The molecule has 0 aliphatic carbocycles. The van der Waals surface area contributed by atoms with Crippen molar-refractivity contribution < 1.29 is 27.9 Å². The van der Waals surface area contributed by atoms with Crippen molar-refractivity contribution in [1.29, 1.82) is 0 Å². The Morgan fingerprint density at radius 2 is 2.05 bits per heavy atom. The highest BCUT2D eigenvalue weighted by molar-refractivity contribution is 7.98. The lowest BCUT2D eigenvalue weighted by atomic mass is 10.0. The molecule has 1 rings (SSSR count). The van der Waals surface area contributed by atoms with E-state index in [1.54, 1.807) is 0 Å². The molecule has 0 unspecified atom stereocenters. The molecule has 0 saturated carbocycles. The normalized spacial score (nSPS) is 12.7. The van der Waals surface area contributed by atoms with Crippen LogP contribution in [-0.2, 0) is 10.5 Å². The van der Waals surface area contributed by atoms with Gasteiger partial charge in [0.15, 0.2) is 5.76 Å². The number of carboxylic acid groups (broad SMARTS) is 1. The number of hydrogen-bond acceptors (Lipinski definition) is 4. The van der Waals surface area contributed by atoms with Gasteiger partial charge in [0.2, 0.25) is 0 Å². The predicted molar refractivity (Wildman–Crippen MR) is 74.4 cm³/mol. The molecule has 8 heteroatoms. The number of carbonyl (C=O) groups is 2. The van der Waals surface area contributed by atoms with Crippen LogP contribution in [0.1, 0.15) is 36.6 Å². The topological polar surface area (TPSA) is 79.5 Å². The number of nitrogens with one attached hydrogen (secondary N) is 1. The van der Waals surface area contributed by atoms with Crippen LogP contribution in [0.25, 0.3) is 0 Å². The third-order valence-electron chi connectivity index (χ3n) is 2.55. The van der Waals surface area contributed by atoms with Crippen LogP contribution in [0.15, 0.2) is 16.5 Å². The summed E-state index contributed by atoms with van der Waals surface area (Å²) < 4.78 is 29.2. The van der Waals surface area contributed by atoms with Crippen molar-refractivity contribution in [1.82, 2.24) is 5.32 Å². The fraction of sp³-hybridized carbons (Fsp3) is 0.538. The Balaban J connectivity index is 2.63. The number of furan rings is 1. The number of carbonyl (C=O) groups excluding carboxylic acids is 1. The second-order valence-corrected chi connectivity index (χ2v) is 5.81. The summed E-state index contributed by atoms with van der Waals surface area (Å²) in [6, 6.07) is 1.74. The molecule has 0 bridgehead atoms. The Morgan fingerprint density at radius 1 is 1.38 bits per heavy atom. The first-order chi connectivity index (χ1) is 9.79. The van der Waals surface area contributed by atoms with Gasteiger partial charge in [-0.1, -0.05) is 25.6 Å². The van der Waals surface area contributed by atoms with Gasteiger partial charge in [-0.3, -0.25) is 4.79 Å². The van der Waals surface area contributed by atoms with E-state index in [1.165, 1.54) is 12.1 Å². The van der Waals surface area contributed by atoms with Gasteiger partial charge in [0.25, 0.3) is 11.7 Å². The number of alkyl halides is 2. The van der Waals surface area contributed by atoms with Crippen molar-refractivity contribution in [2.45, 2.75) is 37.8 Å². The summed E-state index contributed by atoms with van der Waals surface area (Å²) in [5, 5.41) is 11.4. The maximum absolute atomic E-state index is 12.0. The summed E-state index contributed by atoms with van der Waals surface area (Å²) in [7, 11) is 0. The van der Waals surface area contributed by atoms with Crippen molar-refractivity contribution in [3.8, 4) is 0 Å². The van der Waals surface area contributed by atoms with Crippen LogP contribution in [0, 0.1) is 5.92 Å². The average molecular weight is 321 g/mol. The number of thioether (sulfide) groups is 1. The monoisotopic (exact) mass is 321 g/mol. The van der Waals surface area contributed by atoms with Gasteiger partial charge in [-0.2, -0.15) is 8.78 Å². The molecule has 1 heterocycles. The van der Waals surface area contributed by atoms with E-state index in [2.05, 4.69) is 5.32 Å². The van der Waals surface area contributed by atoms with Crippen LogP contribution in [-0.4, -0.2) is 28.8 Å². The molecule has 0 spiro atoms. The van der Waals surface area contributed by atoms with Crippen LogP contribution in [0.2, 0.25) is 0 Å². The number of hydrogen-bond donors (Lipinski definition) is 2. The molecule has 118 valence electrons. The second kappa shape index (κ2) is 8.02. The maximum Gasteiger partial charge on any atom is 0.326 e. The molecule has 0 saturated heterocycles. The van der Waals surface area contributed by atoms with Crippen molar-refractivity contribution >= 4 is 23.6 Å².